The molecule has 0 atom stereocenters. The van der Waals surface area contributed by atoms with Crippen molar-refractivity contribution in [2.75, 3.05) is 21.3 Å². The Morgan fingerprint density at radius 1 is 0.355 bits per heavy atom. The number of para-hydroxylation sites is 4. The van der Waals surface area contributed by atoms with Gasteiger partial charge in [-0.1, -0.05) is 156 Å². The van der Waals surface area contributed by atoms with Crippen molar-refractivity contribution in [2.45, 2.75) is 83.1 Å². The van der Waals surface area contributed by atoms with Gasteiger partial charge < -0.3 is 21.3 Å². The molecular formula is C64H64N8O4. The first-order chi connectivity index (χ1) is 35.8. The van der Waals surface area contributed by atoms with Crippen LogP contribution in [0.2, 0.25) is 0 Å². The SMILES string of the molecule is CC(C)(C)C(=O)Nc1ccccc1C1=CC2=CC3=NC(=CC4=NC(=CC5=NC(=C(c6ccccc6NC(=O)C(C)(C)C)C1=N2)C(c1ccccc1NC(=O)C(C)(C)C)=C5c1ccccc1NC(=O)C(C)(C)C)C=C4)C=C3. The van der Waals surface area contributed by atoms with Gasteiger partial charge in [-0.25, -0.2) is 20.0 Å². The number of amides is 4. The molecule has 12 heteroatoms. The van der Waals surface area contributed by atoms with Crippen LogP contribution in [-0.2, 0) is 19.2 Å². The largest absolute Gasteiger partial charge is 0.325 e. The number of nitrogens with one attached hydrogen (secondary N) is 4. The third kappa shape index (κ3) is 10.9. The van der Waals surface area contributed by atoms with Crippen molar-refractivity contribution in [1.82, 2.24) is 0 Å². The third-order valence-electron chi connectivity index (χ3n) is 13.0. The summed E-state index contributed by atoms with van der Waals surface area (Å²) in [5.41, 5.74) is 8.64. The lowest BCUT2D eigenvalue weighted by molar-refractivity contribution is -0.123. The maximum atomic E-state index is 14.3. The lowest BCUT2D eigenvalue weighted by atomic mass is 9.84. The van der Waals surface area contributed by atoms with Gasteiger partial charge in [0.2, 0.25) is 23.6 Å². The Balaban J connectivity index is 1.49. The van der Waals surface area contributed by atoms with Crippen molar-refractivity contribution in [3.05, 3.63) is 191 Å². The first-order valence-corrected chi connectivity index (χ1v) is 25.5. The second-order valence-corrected chi connectivity index (χ2v) is 23.4. The molecule has 0 unspecified atom stereocenters. The summed E-state index contributed by atoms with van der Waals surface area (Å²) in [6.45, 7) is 22.4. The third-order valence-corrected chi connectivity index (χ3v) is 13.0. The van der Waals surface area contributed by atoms with Gasteiger partial charge in [0.1, 0.15) is 0 Å². The zero-order chi connectivity index (χ0) is 54.5. The first kappa shape index (κ1) is 52.2. The van der Waals surface area contributed by atoms with Crippen molar-refractivity contribution in [1.29, 1.82) is 0 Å². The van der Waals surface area contributed by atoms with E-state index in [1.807, 2.05) is 229 Å². The zero-order valence-electron chi connectivity index (χ0n) is 45.3. The monoisotopic (exact) mass is 1010 g/mol. The molecule has 12 nitrogen and oxygen atoms in total. The highest BCUT2D eigenvalue weighted by molar-refractivity contribution is 6.51. The molecule has 4 N–H and O–H groups in total. The molecule has 0 radical (unpaired) electrons. The van der Waals surface area contributed by atoms with Gasteiger partial charge in [-0.15, -0.1) is 0 Å². The highest BCUT2D eigenvalue weighted by Crippen LogP contribution is 2.50. The van der Waals surface area contributed by atoms with E-state index in [0.717, 1.165) is 0 Å². The molecular weight excluding hydrogens is 945 g/mol. The summed E-state index contributed by atoms with van der Waals surface area (Å²) in [5, 5.41) is 13.0. The van der Waals surface area contributed by atoms with Crippen molar-refractivity contribution in [2.24, 2.45) is 41.6 Å². The van der Waals surface area contributed by atoms with E-state index in [2.05, 4.69) is 21.3 Å². The van der Waals surface area contributed by atoms with Crippen LogP contribution < -0.4 is 21.3 Å². The van der Waals surface area contributed by atoms with E-state index in [9.17, 15) is 19.2 Å². The maximum Gasteiger partial charge on any atom is 0.229 e. The van der Waals surface area contributed by atoms with Crippen molar-refractivity contribution in [3.63, 3.8) is 0 Å². The van der Waals surface area contributed by atoms with Crippen LogP contribution in [0.5, 0.6) is 0 Å². The molecule has 384 valence electrons. The van der Waals surface area contributed by atoms with Crippen LogP contribution in [0.15, 0.2) is 188 Å². The summed E-state index contributed by atoms with van der Waals surface area (Å²) in [6, 6.07) is 30.5. The van der Waals surface area contributed by atoms with Crippen LogP contribution in [0.25, 0.3) is 22.3 Å². The molecule has 76 heavy (non-hydrogen) atoms. The summed E-state index contributed by atoms with van der Waals surface area (Å²) in [7, 11) is 0. The summed E-state index contributed by atoms with van der Waals surface area (Å²) in [5.74, 6) is -0.798. The number of hydrogen-bond donors (Lipinski definition) is 4. The van der Waals surface area contributed by atoms with E-state index in [1.165, 1.54) is 0 Å². The predicted molar refractivity (Wildman–Crippen MR) is 312 cm³/mol. The number of carbonyl (C=O) groups excluding carboxylic acids is 4. The van der Waals surface area contributed by atoms with Gasteiger partial charge in [-0.05, 0) is 72.9 Å². The minimum absolute atomic E-state index is 0.178. The van der Waals surface area contributed by atoms with Crippen molar-refractivity contribution < 1.29 is 19.2 Å². The molecule has 5 aliphatic heterocycles. The number of carbonyl (C=O) groups is 4. The van der Waals surface area contributed by atoms with Crippen molar-refractivity contribution in [3.8, 4) is 0 Å². The van der Waals surface area contributed by atoms with E-state index in [0.29, 0.717) is 113 Å². The molecule has 4 aromatic rings. The van der Waals surface area contributed by atoms with Gasteiger partial charge in [-0.2, -0.15) is 0 Å². The standard InChI is InChI=1S/C64H64N8O4/c1-61(2,3)57(73)69-47-25-17-13-21-42(47)46-35-41-34-39-30-29-37(65-39)33-38-31-32-40(66-38)36-51-52(43-22-14-18-26-48(43)70-58(74)62(4,5)6)53(44-23-15-19-27-49(44)71-59(75)63(7,8)9)56(68-51)54(55(46)67-41)45-24-16-20-28-50(45)72-60(76)64(10,11)12/h13-36H,1-12H3,(H,69,73)(H,70,74)(H,71,75)(H,72,76). The molecule has 9 rings (SSSR count). The Kier molecular flexibility index (Phi) is 13.7. The average molecular weight is 1010 g/mol. The van der Waals surface area contributed by atoms with Gasteiger partial charge in [0, 0.05) is 89.0 Å². The average Bonchev–Trinajstić information content (AvgIpc) is 4.19. The molecule has 4 amide bonds. The number of anilines is 4. The van der Waals surface area contributed by atoms with Gasteiger partial charge in [0.05, 0.1) is 45.6 Å². The van der Waals surface area contributed by atoms with Crippen LogP contribution >= 0.6 is 0 Å². The predicted octanol–water partition coefficient (Wildman–Crippen LogP) is 13.6. The van der Waals surface area contributed by atoms with Crippen LogP contribution in [-0.4, -0.2) is 46.5 Å². The van der Waals surface area contributed by atoms with Crippen LogP contribution in [0.3, 0.4) is 0 Å². The normalized spacial score (nSPS) is 16.3. The molecule has 5 aliphatic rings. The molecule has 0 saturated heterocycles. The fourth-order valence-electron chi connectivity index (χ4n) is 8.62. The first-order valence-electron chi connectivity index (χ1n) is 25.5. The number of hydrogen-bond acceptors (Lipinski definition) is 8. The topological polar surface area (TPSA) is 166 Å². The van der Waals surface area contributed by atoms with E-state index in [1.54, 1.807) is 0 Å². The second kappa shape index (κ2) is 19.9. The molecule has 0 fully saturated rings. The van der Waals surface area contributed by atoms with Gasteiger partial charge in [0.15, 0.2) is 0 Å². The number of allylic oxidation sites excluding steroid dienone is 12. The fourth-order valence-corrected chi connectivity index (χ4v) is 8.62. The van der Waals surface area contributed by atoms with Crippen LogP contribution in [0.1, 0.15) is 105 Å². The number of benzene rings is 4. The van der Waals surface area contributed by atoms with E-state index in [-0.39, 0.29) is 23.6 Å². The lowest BCUT2D eigenvalue weighted by Crippen LogP contribution is -2.28. The van der Waals surface area contributed by atoms with E-state index in [4.69, 9.17) is 20.0 Å². The number of aliphatic imine (C=N–C) groups is 4. The molecule has 4 aromatic carbocycles. The number of rotatable bonds is 8. The van der Waals surface area contributed by atoms with Gasteiger partial charge >= 0.3 is 0 Å². The van der Waals surface area contributed by atoms with Gasteiger partial charge in [0.25, 0.3) is 0 Å². The number of nitrogens with zero attached hydrogens (tertiary/aromatic N) is 4. The summed E-state index contributed by atoms with van der Waals surface area (Å²) in [6.07, 6.45) is 15.5. The van der Waals surface area contributed by atoms with E-state index < -0.39 is 21.7 Å². The van der Waals surface area contributed by atoms with Crippen molar-refractivity contribution >= 4 is 91.5 Å². The summed E-state index contributed by atoms with van der Waals surface area (Å²) < 4.78 is 0. The molecule has 0 spiro atoms. The van der Waals surface area contributed by atoms with Crippen LogP contribution in [0, 0.1) is 21.7 Å². The Bertz CT molecular complexity index is 3570. The highest BCUT2D eigenvalue weighted by atomic mass is 16.2. The minimum Gasteiger partial charge on any atom is -0.325 e. The van der Waals surface area contributed by atoms with Crippen LogP contribution in [0.4, 0.5) is 22.7 Å². The molecule has 5 heterocycles. The Morgan fingerprint density at radius 2 is 0.711 bits per heavy atom. The zero-order valence-corrected chi connectivity index (χ0v) is 45.3. The quantitative estimate of drug-likeness (QED) is 0.138. The molecule has 0 saturated carbocycles. The maximum absolute atomic E-state index is 14.3. The fraction of sp³-hybridized carbons (Fsp3) is 0.250. The smallest absolute Gasteiger partial charge is 0.229 e. The Morgan fingerprint density at radius 3 is 1.14 bits per heavy atom. The minimum atomic E-state index is -0.785. The summed E-state index contributed by atoms with van der Waals surface area (Å²) >= 11 is 0. The molecule has 8 bridgehead atoms. The summed E-state index contributed by atoms with van der Waals surface area (Å²) in [4.78, 5) is 77.8. The Labute approximate surface area is 445 Å². The molecule has 0 aromatic heterocycles. The lowest BCUT2D eigenvalue weighted by Gasteiger charge is -2.24. The van der Waals surface area contributed by atoms with E-state index >= 15 is 0 Å². The second-order valence-electron chi connectivity index (χ2n) is 23.4. The highest BCUT2D eigenvalue weighted by Gasteiger charge is 2.38. The Hall–Kier alpha value is -8.64. The van der Waals surface area contributed by atoms with Gasteiger partial charge in [-0.3, -0.25) is 19.2 Å². The molecule has 0 aliphatic carbocycles. The number of fused-ring (bicyclic) bond motifs is 4.